The van der Waals surface area contributed by atoms with Gasteiger partial charge in [-0.25, -0.2) is 9.69 Å². The van der Waals surface area contributed by atoms with Crippen molar-refractivity contribution < 1.29 is 14.3 Å². The third-order valence-electron chi connectivity index (χ3n) is 2.48. The first-order chi connectivity index (χ1) is 8.82. The highest BCUT2D eigenvalue weighted by atomic mass is 35.6. The quantitative estimate of drug-likeness (QED) is 0.578. The van der Waals surface area contributed by atoms with Gasteiger partial charge in [-0.05, 0) is 12.1 Å². The normalized spacial score (nSPS) is 23.4. The predicted molar refractivity (Wildman–Crippen MR) is 72.8 cm³/mol. The molecule has 102 valence electrons. The number of imide groups is 1. The van der Waals surface area contributed by atoms with Crippen LogP contribution in [-0.4, -0.2) is 32.3 Å². The summed E-state index contributed by atoms with van der Waals surface area (Å²) in [4.78, 5) is 24.6. The van der Waals surface area contributed by atoms with Crippen LogP contribution in [0.15, 0.2) is 30.3 Å². The fourth-order valence-electron chi connectivity index (χ4n) is 1.60. The Morgan fingerprint density at radius 3 is 2.26 bits per heavy atom. The van der Waals surface area contributed by atoms with Gasteiger partial charge >= 0.3 is 6.09 Å². The summed E-state index contributed by atoms with van der Waals surface area (Å²) in [6, 6.07) is 8.14. The molecule has 0 radical (unpaired) electrons. The van der Waals surface area contributed by atoms with E-state index < -0.39 is 27.4 Å². The molecule has 1 aromatic rings. The van der Waals surface area contributed by atoms with Crippen LogP contribution in [0.4, 0.5) is 4.79 Å². The van der Waals surface area contributed by atoms with Crippen molar-refractivity contribution in [3.63, 3.8) is 0 Å². The molecule has 2 amide bonds. The number of hydrogen-bond donors (Lipinski definition) is 0. The molecule has 4 nitrogen and oxygen atoms in total. The second-order valence-electron chi connectivity index (χ2n) is 3.76. The zero-order chi connectivity index (χ0) is 14.2. The number of carbonyl (C=O) groups is 2. The van der Waals surface area contributed by atoms with Gasteiger partial charge in [0.25, 0.3) is 5.91 Å². The molecule has 0 bridgehead atoms. The summed E-state index contributed by atoms with van der Waals surface area (Å²) < 4.78 is 2.92. The number of rotatable bonds is 1. The van der Waals surface area contributed by atoms with Crippen molar-refractivity contribution in [1.82, 2.24) is 4.90 Å². The average Bonchev–Trinajstić information content (AvgIpc) is 2.65. The van der Waals surface area contributed by atoms with Crippen molar-refractivity contribution in [3.8, 4) is 0 Å². The number of nitrogens with zero attached hydrogens (tertiary/aromatic N) is 1. The Labute approximate surface area is 129 Å². The van der Waals surface area contributed by atoms with E-state index in [0.29, 0.717) is 0 Å². The summed E-state index contributed by atoms with van der Waals surface area (Å²) in [7, 11) is 0. The monoisotopic (exact) mass is 341 g/mol. The van der Waals surface area contributed by atoms with Gasteiger partial charge in [0.15, 0.2) is 11.6 Å². The van der Waals surface area contributed by atoms with Gasteiger partial charge in [-0.3, -0.25) is 4.79 Å². The van der Waals surface area contributed by atoms with Crippen molar-refractivity contribution in [3.05, 3.63) is 35.9 Å². The first-order valence-electron chi connectivity index (χ1n) is 5.12. The number of amides is 2. The number of cyclic esters (lactones) is 1. The fourth-order valence-corrected chi connectivity index (χ4v) is 2.69. The molecule has 1 fully saturated rings. The van der Waals surface area contributed by atoms with Crippen molar-refractivity contribution in [1.29, 1.82) is 0 Å². The number of carbonyl (C=O) groups excluding carboxylic acids is 2. The lowest BCUT2D eigenvalue weighted by Crippen LogP contribution is -2.41. The largest absolute Gasteiger partial charge is 0.438 e. The van der Waals surface area contributed by atoms with Crippen molar-refractivity contribution >= 4 is 58.4 Å². The molecule has 2 rings (SSSR count). The summed E-state index contributed by atoms with van der Waals surface area (Å²) in [5.41, 5.74) is -0.900. The molecule has 0 aliphatic carbocycles. The predicted octanol–water partition coefficient (Wildman–Crippen LogP) is 3.58. The Kier molecular flexibility index (Phi) is 4.16. The van der Waals surface area contributed by atoms with Crippen LogP contribution in [0.2, 0.25) is 0 Å². The van der Waals surface area contributed by atoms with E-state index in [1.165, 1.54) is 0 Å². The summed E-state index contributed by atoms with van der Waals surface area (Å²) >= 11 is 22.9. The van der Waals surface area contributed by atoms with Gasteiger partial charge in [0.05, 0.1) is 0 Å². The van der Waals surface area contributed by atoms with Crippen molar-refractivity contribution in [2.24, 2.45) is 0 Å². The lowest BCUT2D eigenvalue weighted by molar-refractivity contribution is 0.0799. The van der Waals surface area contributed by atoms with E-state index >= 15 is 0 Å². The zero-order valence-corrected chi connectivity index (χ0v) is 12.2. The van der Waals surface area contributed by atoms with Crippen LogP contribution in [0, 0.1) is 0 Å². The lowest BCUT2D eigenvalue weighted by atomic mass is 10.2. The molecule has 0 saturated carbocycles. The molecule has 8 heteroatoms. The summed E-state index contributed by atoms with van der Waals surface area (Å²) in [6.07, 6.45) is -2.16. The molecule has 0 aromatic heterocycles. The standard InChI is InChI=1S/C11H7Cl4NO3/c12-8-7(11(13,14)15)19-10(18)16(8)9(17)6-4-2-1-3-5-6/h1-5,7-8H. The zero-order valence-electron chi connectivity index (χ0n) is 9.23. The van der Waals surface area contributed by atoms with Gasteiger partial charge in [-0.1, -0.05) is 64.6 Å². The van der Waals surface area contributed by atoms with Gasteiger partial charge in [-0.2, -0.15) is 0 Å². The van der Waals surface area contributed by atoms with Crippen molar-refractivity contribution in [2.45, 2.75) is 15.4 Å². The van der Waals surface area contributed by atoms with Gasteiger partial charge in [0, 0.05) is 5.56 Å². The SMILES string of the molecule is O=C1OC(C(Cl)(Cl)Cl)C(Cl)N1C(=O)c1ccccc1. The summed E-state index contributed by atoms with van der Waals surface area (Å²) in [5.74, 6) is -0.609. The molecular formula is C11H7Cl4NO3. The van der Waals surface area contributed by atoms with Gasteiger partial charge in [-0.15, -0.1) is 0 Å². The van der Waals surface area contributed by atoms with E-state index in [1.54, 1.807) is 30.3 Å². The van der Waals surface area contributed by atoms with E-state index in [-0.39, 0.29) is 5.56 Å². The first-order valence-corrected chi connectivity index (χ1v) is 6.69. The maximum atomic E-state index is 12.2. The molecule has 19 heavy (non-hydrogen) atoms. The number of benzene rings is 1. The molecule has 2 unspecified atom stereocenters. The Morgan fingerprint density at radius 1 is 1.21 bits per heavy atom. The molecule has 1 aliphatic heterocycles. The van der Waals surface area contributed by atoms with Gasteiger partial charge in [0.2, 0.25) is 3.79 Å². The molecular weight excluding hydrogens is 336 g/mol. The Morgan fingerprint density at radius 2 is 1.79 bits per heavy atom. The van der Waals surface area contributed by atoms with Crippen LogP contribution < -0.4 is 0 Å². The minimum absolute atomic E-state index is 0.287. The maximum absolute atomic E-state index is 12.2. The molecule has 1 aromatic carbocycles. The first kappa shape index (κ1) is 14.7. The van der Waals surface area contributed by atoms with Crippen LogP contribution in [0.3, 0.4) is 0 Å². The molecule has 1 aliphatic rings. The number of ether oxygens (including phenoxy) is 1. The minimum Gasteiger partial charge on any atom is -0.438 e. The number of alkyl halides is 4. The van der Waals surface area contributed by atoms with Gasteiger partial charge < -0.3 is 4.74 Å². The number of hydrogen-bond acceptors (Lipinski definition) is 3. The Hall–Kier alpha value is -0.680. The summed E-state index contributed by atoms with van der Waals surface area (Å²) in [5, 5.41) is 0. The highest BCUT2D eigenvalue weighted by Gasteiger charge is 2.53. The van der Waals surface area contributed by atoms with E-state index in [4.69, 9.17) is 51.1 Å². The molecule has 1 heterocycles. The molecule has 2 atom stereocenters. The van der Waals surface area contributed by atoms with E-state index in [1.807, 2.05) is 0 Å². The van der Waals surface area contributed by atoms with Crippen LogP contribution in [-0.2, 0) is 4.74 Å². The van der Waals surface area contributed by atoms with E-state index in [0.717, 1.165) is 4.90 Å². The molecule has 1 saturated heterocycles. The van der Waals surface area contributed by atoms with Crippen molar-refractivity contribution in [2.75, 3.05) is 0 Å². The average molecular weight is 343 g/mol. The van der Waals surface area contributed by atoms with E-state index in [9.17, 15) is 9.59 Å². The third kappa shape index (κ3) is 2.92. The number of halogens is 4. The van der Waals surface area contributed by atoms with Gasteiger partial charge in [0.1, 0.15) is 0 Å². The molecule has 0 N–H and O–H groups in total. The maximum Gasteiger partial charge on any atom is 0.418 e. The van der Waals surface area contributed by atoms with Crippen LogP contribution in [0.1, 0.15) is 10.4 Å². The Balaban J connectivity index is 2.27. The highest BCUT2D eigenvalue weighted by Crippen LogP contribution is 2.40. The van der Waals surface area contributed by atoms with E-state index in [2.05, 4.69) is 0 Å². The highest BCUT2D eigenvalue weighted by molar-refractivity contribution is 6.68. The second kappa shape index (κ2) is 5.37. The van der Waals surface area contributed by atoms with Crippen LogP contribution in [0.25, 0.3) is 0 Å². The Bertz CT molecular complexity index is 502. The third-order valence-corrected chi connectivity index (χ3v) is 3.55. The van der Waals surface area contributed by atoms with Crippen LogP contribution >= 0.6 is 46.4 Å². The second-order valence-corrected chi connectivity index (χ2v) is 6.58. The van der Waals surface area contributed by atoms with Crippen LogP contribution in [0.5, 0.6) is 0 Å². The smallest absolute Gasteiger partial charge is 0.418 e. The molecule has 0 spiro atoms. The summed E-state index contributed by atoms with van der Waals surface area (Å²) in [6.45, 7) is 0. The fraction of sp³-hybridized carbons (Fsp3) is 0.273. The minimum atomic E-state index is -1.91. The topological polar surface area (TPSA) is 46.6 Å². The lowest BCUT2D eigenvalue weighted by Gasteiger charge is -2.21.